The Morgan fingerprint density at radius 3 is 2.72 bits per heavy atom. The first-order valence-electron chi connectivity index (χ1n) is 13.2. The zero-order valence-electron chi connectivity index (χ0n) is 21.9. The number of imidazole rings is 1. The molecule has 0 spiro atoms. The van der Waals surface area contributed by atoms with Crippen LogP contribution in [0, 0.1) is 0 Å². The molecule has 3 N–H and O–H groups in total. The summed E-state index contributed by atoms with van der Waals surface area (Å²) in [5.74, 6) is 1.06. The van der Waals surface area contributed by atoms with Crippen LogP contribution in [0.25, 0.3) is 11.0 Å². The number of aromatic nitrogens is 2. The Morgan fingerprint density at radius 2 is 1.95 bits per heavy atom. The highest BCUT2D eigenvalue weighted by molar-refractivity contribution is 5.97. The summed E-state index contributed by atoms with van der Waals surface area (Å²) in [7, 11) is 0. The number of para-hydroxylation sites is 1. The number of aliphatic hydroxyl groups excluding tert-OH is 1. The van der Waals surface area contributed by atoms with Gasteiger partial charge in [-0.2, -0.15) is 0 Å². The summed E-state index contributed by atoms with van der Waals surface area (Å²) in [5, 5.41) is 9.21. The van der Waals surface area contributed by atoms with E-state index in [1.54, 1.807) is 24.0 Å². The minimum atomic E-state index is -0.411. The van der Waals surface area contributed by atoms with Gasteiger partial charge < -0.3 is 29.8 Å². The van der Waals surface area contributed by atoms with Crippen LogP contribution >= 0.6 is 0 Å². The number of aryl methyl sites for hydroxylation is 1. The number of carbonyl (C=O) groups is 2. The van der Waals surface area contributed by atoms with E-state index < -0.39 is 6.04 Å². The van der Waals surface area contributed by atoms with E-state index in [4.69, 9.17) is 15.2 Å². The number of carbonyl (C=O) groups excluding carboxylic acids is 2. The van der Waals surface area contributed by atoms with E-state index in [2.05, 4.69) is 4.98 Å². The van der Waals surface area contributed by atoms with Crippen LogP contribution < -0.4 is 10.5 Å². The van der Waals surface area contributed by atoms with Gasteiger partial charge in [0.1, 0.15) is 11.3 Å². The number of amides is 1. The maximum Gasteiger partial charge on any atom is 0.308 e. The molecule has 0 saturated heterocycles. The van der Waals surface area contributed by atoms with Gasteiger partial charge in [-0.3, -0.25) is 9.59 Å². The molecule has 1 aliphatic rings. The maximum absolute atomic E-state index is 13.6. The van der Waals surface area contributed by atoms with Crippen molar-refractivity contribution in [3.63, 3.8) is 0 Å². The number of hydrogen-bond acceptors (Lipinski definition) is 7. The van der Waals surface area contributed by atoms with E-state index in [0.717, 1.165) is 16.6 Å². The number of rotatable bonds is 10. The van der Waals surface area contributed by atoms with Gasteiger partial charge in [-0.05, 0) is 61.2 Å². The fourth-order valence-electron chi connectivity index (χ4n) is 5.12. The average molecular weight is 529 g/mol. The molecular weight excluding hydrogens is 496 g/mol. The van der Waals surface area contributed by atoms with Crippen LogP contribution in [0.3, 0.4) is 0 Å². The third-order valence-electron chi connectivity index (χ3n) is 6.95. The molecule has 3 aromatic carbocycles. The summed E-state index contributed by atoms with van der Waals surface area (Å²) < 4.78 is 13.3. The molecule has 4 aromatic rings. The van der Waals surface area contributed by atoms with Crippen molar-refractivity contribution in [1.29, 1.82) is 0 Å². The van der Waals surface area contributed by atoms with Crippen LogP contribution in [0.4, 0.5) is 5.95 Å². The molecule has 0 bridgehead atoms. The van der Waals surface area contributed by atoms with Gasteiger partial charge in [-0.1, -0.05) is 36.4 Å². The SMILES string of the molecule is CCOC(=O)CC(c1ccccc1)N1CCc2cc(Oc3cccc4c3nc(N)n4CCCO)ccc2C1=O. The predicted molar refractivity (Wildman–Crippen MR) is 148 cm³/mol. The Balaban J connectivity index is 1.39. The average Bonchev–Trinajstić information content (AvgIpc) is 3.27. The molecule has 0 radical (unpaired) electrons. The zero-order valence-corrected chi connectivity index (χ0v) is 21.9. The third-order valence-corrected chi connectivity index (χ3v) is 6.95. The van der Waals surface area contributed by atoms with Crippen molar-refractivity contribution in [1.82, 2.24) is 14.5 Å². The number of hydrogen-bond donors (Lipinski definition) is 2. The predicted octanol–water partition coefficient (Wildman–Crippen LogP) is 4.49. The highest BCUT2D eigenvalue weighted by Gasteiger charge is 2.33. The fourth-order valence-corrected chi connectivity index (χ4v) is 5.12. The maximum atomic E-state index is 13.6. The molecular formula is C30H32N4O5. The van der Waals surface area contributed by atoms with Gasteiger partial charge in [0.25, 0.3) is 5.91 Å². The summed E-state index contributed by atoms with van der Waals surface area (Å²) >= 11 is 0. The molecule has 0 saturated carbocycles. The number of benzene rings is 3. The number of ether oxygens (including phenoxy) is 2. The molecule has 1 unspecified atom stereocenters. The van der Waals surface area contributed by atoms with Crippen LogP contribution in [-0.4, -0.2) is 51.2 Å². The highest BCUT2D eigenvalue weighted by atomic mass is 16.5. The van der Waals surface area contributed by atoms with Crippen molar-refractivity contribution in [3.05, 3.63) is 83.4 Å². The van der Waals surface area contributed by atoms with E-state index in [9.17, 15) is 14.7 Å². The first kappa shape index (κ1) is 26.2. The zero-order chi connectivity index (χ0) is 27.4. The smallest absolute Gasteiger partial charge is 0.308 e. The topological polar surface area (TPSA) is 120 Å². The second kappa shape index (κ2) is 11.6. The lowest BCUT2D eigenvalue weighted by molar-refractivity contribution is -0.144. The van der Waals surface area contributed by atoms with Gasteiger partial charge in [0.05, 0.1) is 24.6 Å². The summed E-state index contributed by atoms with van der Waals surface area (Å²) in [4.78, 5) is 32.3. The van der Waals surface area contributed by atoms with E-state index in [0.29, 0.717) is 61.1 Å². The number of fused-ring (bicyclic) bond motifs is 2. The van der Waals surface area contributed by atoms with Gasteiger partial charge >= 0.3 is 5.97 Å². The van der Waals surface area contributed by atoms with Crippen LogP contribution in [-0.2, 0) is 22.5 Å². The Morgan fingerprint density at radius 1 is 1.13 bits per heavy atom. The fraction of sp³-hybridized carbons (Fsp3) is 0.300. The minimum absolute atomic E-state index is 0.0650. The van der Waals surface area contributed by atoms with Crippen molar-refractivity contribution >= 4 is 28.9 Å². The Hall–Kier alpha value is -4.37. The monoisotopic (exact) mass is 528 g/mol. The van der Waals surface area contributed by atoms with Crippen LogP contribution in [0.1, 0.15) is 47.3 Å². The molecule has 0 aliphatic carbocycles. The summed E-state index contributed by atoms with van der Waals surface area (Å²) in [5.41, 5.74) is 9.97. The molecule has 5 rings (SSSR count). The van der Waals surface area contributed by atoms with Gasteiger partial charge in [-0.25, -0.2) is 4.98 Å². The normalized spacial score (nSPS) is 13.8. The number of nitrogens with zero attached hydrogens (tertiary/aromatic N) is 3. The Kier molecular flexibility index (Phi) is 7.79. The number of aliphatic hydroxyl groups is 1. The van der Waals surface area contributed by atoms with Gasteiger partial charge in [0, 0.05) is 25.3 Å². The lowest BCUT2D eigenvalue weighted by Crippen LogP contribution is -2.41. The van der Waals surface area contributed by atoms with Crippen molar-refractivity contribution < 1.29 is 24.2 Å². The van der Waals surface area contributed by atoms with Crippen LogP contribution in [0.2, 0.25) is 0 Å². The third kappa shape index (κ3) is 5.44. The molecule has 202 valence electrons. The quantitative estimate of drug-likeness (QED) is 0.291. The molecule has 39 heavy (non-hydrogen) atoms. The van der Waals surface area contributed by atoms with Crippen LogP contribution in [0.5, 0.6) is 11.5 Å². The molecule has 9 nitrogen and oxygen atoms in total. The second-order valence-electron chi connectivity index (χ2n) is 9.43. The number of nitrogens with two attached hydrogens (primary N) is 1. The van der Waals surface area contributed by atoms with Crippen molar-refractivity contribution in [2.24, 2.45) is 0 Å². The molecule has 2 heterocycles. The second-order valence-corrected chi connectivity index (χ2v) is 9.43. The van der Waals surface area contributed by atoms with Gasteiger partial charge in [0.2, 0.25) is 5.95 Å². The number of nitrogen functional groups attached to an aromatic ring is 1. The summed E-state index contributed by atoms with van der Waals surface area (Å²) in [6.07, 6.45) is 1.29. The largest absolute Gasteiger partial charge is 0.466 e. The summed E-state index contributed by atoms with van der Waals surface area (Å²) in [6.45, 7) is 3.16. The highest BCUT2D eigenvalue weighted by Crippen LogP contribution is 2.35. The first-order chi connectivity index (χ1) is 19.0. The number of esters is 1. The molecule has 1 amide bonds. The van der Waals surface area contributed by atoms with E-state index in [1.165, 1.54) is 0 Å². The first-order valence-corrected chi connectivity index (χ1v) is 13.2. The van der Waals surface area contributed by atoms with Crippen molar-refractivity contribution in [3.8, 4) is 11.5 Å². The lowest BCUT2D eigenvalue weighted by atomic mass is 9.94. The van der Waals surface area contributed by atoms with Crippen molar-refractivity contribution in [2.45, 2.75) is 38.8 Å². The van der Waals surface area contributed by atoms with E-state index >= 15 is 0 Å². The standard InChI is InChI=1S/C30H32N4O5/c1-2-38-27(36)19-25(20-8-4-3-5-9-20)33-16-14-21-18-22(12-13-23(21)29(33)37)39-26-11-6-10-24-28(26)32-30(31)34(24)15-7-17-35/h3-6,8-13,18,25,35H,2,7,14-17,19H2,1H3,(H2,31,32). The van der Waals surface area contributed by atoms with Crippen LogP contribution in [0.15, 0.2) is 66.7 Å². The molecule has 0 fully saturated rings. The van der Waals surface area contributed by atoms with Gasteiger partial charge in [0.15, 0.2) is 5.75 Å². The van der Waals surface area contributed by atoms with Gasteiger partial charge in [-0.15, -0.1) is 0 Å². The lowest BCUT2D eigenvalue weighted by Gasteiger charge is -2.35. The van der Waals surface area contributed by atoms with E-state index in [-0.39, 0.29) is 24.9 Å². The Labute approximate surface area is 226 Å². The molecule has 1 aliphatic heterocycles. The van der Waals surface area contributed by atoms with Crippen molar-refractivity contribution in [2.75, 3.05) is 25.5 Å². The van der Waals surface area contributed by atoms with E-state index in [1.807, 2.05) is 59.2 Å². The minimum Gasteiger partial charge on any atom is -0.466 e. The Bertz CT molecular complexity index is 1480. The number of anilines is 1. The summed E-state index contributed by atoms with van der Waals surface area (Å²) in [6, 6.07) is 20.2. The molecule has 1 aromatic heterocycles. The molecule has 9 heteroatoms. The molecule has 1 atom stereocenters.